The predicted octanol–water partition coefficient (Wildman–Crippen LogP) is 2.21. The van der Waals surface area contributed by atoms with E-state index >= 15 is 0 Å². The third kappa shape index (κ3) is 3.86. The molecule has 2 N–H and O–H groups in total. The van der Waals surface area contributed by atoms with E-state index in [4.69, 9.17) is 16.7 Å². The lowest BCUT2D eigenvalue weighted by molar-refractivity contribution is 0.0697. The molecule has 0 bridgehead atoms. The van der Waals surface area contributed by atoms with Crippen LogP contribution in [0.15, 0.2) is 18.2 Å². The molecule has 1 fully saturated rings. The van der Waals surface area contributed by atoms with Crippen LogP contribution in [0, 0.1) is 0 Å². The predicted molar refractivity (Wildman–Crippen MR) is 81.1 cm³/mol. The van der Waals surface area contributed by atoms with Gasteiger partial charge in [-0.05, 0) is 24.7 Å². The lowest BCUT2D eigenvalue weighted by Gasteiger charge is -2.34. The van der Waals surface area contributed by atoms with Crippen molar-refractivity contribution in [3.05, 3.63) is 28.8 Å². The van der Waals surface area contributed by atoms with Gasteiger partial charge in [0.05, 0.1) is 16.3 Å². The van der Waals surface area contributed by atoms with Crippen LogP contribution in [-0.4, -0.2) is 59.6 Å². The quantitative estimate of drug-likeness (QED) is 0.897. The maximum absolute atomic E-state index is 12.2. The molecule has 2 amide bonds. The molecule has 0 aliphatic carbocycles. The SMILES string of the molecule is CCN1CCN(C(=O)Nc2cc(C(=O)O)ccc2Cl)CC1. The Labute approximate surface area is 128 Å². The summed E-state index contributed by atoms with van der Waals surface area (Å²) in [6, 6.07) is 3.98. The van der Waals surface area contributed by atoms with Crippen molar-refractivity contribution in [2.24, 2.45) is 0 Å². The molecule has 7 heteroatoms. The summed E-state index contributed by atoms with van der Waals surface area (Å²) in [5.41, 5.74) is 0.407. The first-order valence-corrected chi connectivity index (χ1v) is 7.20. The average Bonchev–Trinajstić information content (AvgIpc) is 2.49. The fourth-order valence-electron chi connectivity index (χ4n) is 2.22. The molecule has 2 rings (SSSR count). The van der Waals surface area contributed by atoms with Gasteiger partial charge in [-0.15, -0.1) is 0 Å². The lowest BCUT2D eigenvalue weighted by atomic mass is 10.2. The van der Waals surface area contributed by atoms with Crippen molar-refractivity contribution in [1.82, 2.24) is 9.80 Å². The molecule has 1 heterocycles. The maximum Gasteiger partial charge on any atom is 0.335 e. The Balaban J connectivity index is 2.03. The molecule has 6 nitrogen and oxygen atoms in total. The summed E-state index contributed by atoms with van der Waals surface area (Å²) < 4.78 is 0. The third-order valence-electron chi connectivity index (χ3n) is 3.56. The number of halogens is 1. The van der Waals surface area contributed by atoms with E-state index in [0.29, 0.717) is 23.8 Å². The fourth-order valence-corrected chi connectivity index (χ4v) is 2.38. The Morgan fingerprint density at radius 2 is 1.95 bits per heavy atom. The highest BCUT2D eigenvalue weighted by molar-refractivity contribution is 6.33. The normalized spacial score (nSPS) is 15.8. The largest absolute Gasteiger partial charge is 0.478 e. The third-order valence-corrected chi connectivity index (χ3v) is 3.89. The van der Waals surface area contributed by atoms with Crippen LogP contribution in [0.4, 0.5) is 10.5 Å². The van der Waals surface area contributed by atoms with E-state index in [0.717, 1.165) is 19.6 Å². The highest BCUT2D eigenvalue weighted by atomic mass is 35.5. The summed E-state index contributed by atoms with van der Waals surface area (Å²) in [4.78, 5) is 27.1. The molecular weight excluding hydrogens is 294 g/mol. The van der Waals surface area contributed by atoms with Crippen molar-refractivity contribution >= 4 is 29.3 Å². The first-order valence-electron chi connectivity index (χ1n) is 6.82. The Kier molecular flexibility index (Phi) is 5.03. The number of carbonyl (C=O) groups excluding carboxylic acids is 1. The van der Waals surface area contributed by atoms with Gasteiger partial charge in [-0.2, -0.15) is 0 Å². The number of carboxylic acid groups (broad SMARTS) is 1. The van der Waals surface area contributed by atoms with Crippen molar-refractivity contribution in [3.63, 3.8) is 0 Å². The lowest BCUT2D eigenvalue weighted by Crippen LogP contribution is -2.49. The zero-order valence-corrected chi connectivity index (χ0v) is 12.6. The summed E-state index contributed by atoms with van der Waals surface area (Å²) in [6.45, 7) is 6.04. The second-order valence-electron chi connectivity index (χ2n) is 4.85. The van der Waals surface area contributed by atoms with Crippen LogP contribution in [0.5, 0.6) is 0 Å². The van der Waals surface area contributed by atoms with Crippen LogP contribution in [0.25, 0.3) is 0 Å². The van der Waals surface area contributed by atoms with Crippen LogP contribution in [0.3, 0.4) is 0 Å². The zero-order valence-electron chi connectivity index (χ0n) is 11.8. The van der Waals surface area contributed by atoms with Gasteiger partial charge in [-0.1, -0.05) is 18.5 Å². The number of anilines is 1. The van der Waals surface area contributed by atoms with Crippen molar-refractivity contribution in [2.75, 3.05) is 38.0 Å². The topological polar surface area (TPSA) is 72.9 Å². The number of benzene rings is 1. The summed E-state index contributed by atoms with van der Waals surface area (Å²) in [5.74, 6) is -1.06. The van der Waals surface area contributed by atoms with Crippen LogP contribution in [0.2, 0.25) is 5.02 Å². The molecule has 0 unspecified atom stereocenters. The van der Waals surface area contributed by atoms with Gasteiger partial charge >= 0.3 is 12.0 Å². The van der Waals surface area contributed by atoms with Gasteiger partial charge in [0.25, 0.3) is 0 Å². The highest BCUT2D eigenvalue weighted by Crippen LogP contribution is 2.23. The summed E-state index contributed by atoms with van der Waals surface area (Å²) in [5, 5.41) is 12.0. The number of amides is 2. The number of nitrogens with zero attached hydrogens (tertiary/aromatic N) is 2. The highest BCUT2D eigenvalue weighted by Gasteiger charge is 2.21. The van der Waals surface area contributed by atoms with Crippen LogP contribution < -0.4 is 5.32 Å². The van der Waals surface area contributed by atoms with E-state index in [1.807, 2.05) is 0 Å². The Hall–Kier alpha value is -1.79. The molecule has 0 radical (unpaired) electrons. The van der Waals surface area contributed by atoms with E-state index in [-0.39, 0.29) is 11.6 Å². The van der Waals surface area contributed by atoms with E-state index < -0.39 is 5.97 Å². The monoisotopic (exact) mass is 311 g/mol. The van der Waals surface area contributed by atoms with Gasteiger partial charge in [0, 0.05) is 26.2 Å². The molecule has 1 saturated heterocycles. The van der Waals surface area contributed by atoms with Gasteiger partial charge in [0.15, 0.2) is 0 Å². The molecule has 1 aromatic rings. The van der Waals surface area contributed by atoms with Gasteiger partial charge in [0.2, 0.25) is 0 Å². The molecule has 0 saturated carbocycles. The molecule has 1 aliphatic heterocycles. The van der Waals surface area contributed by atoms with Crippen LogP contribution in [-0.2, 0) is 0 Å². The molecule has 21 heavy (non-hydrogen) atoms. The Bertz CT molecular complexity index is 542. The number of nitrogens with one attached hydrogen (secondary N) is 1. The van der Waals surface area contributed by atoms with Gasteiger partial charge in [-0.3, -0.25) is 0 Å². The minimum absolute atomic E-state index is 0.0884. The number of rotatable bonds is 3. The number of piperazine rings is 1. The fraction of sp³-hybridized carbons (Fsp3) is 0.429. The Morgan fingerprint density at radius 1 is 1.29 bits per heavy atom. The number of likely N-dealkylation sites (N-methyl/N-ethyl adjacent to an activating group) is 1. The summed E-state index contributed by atoms with van der Waals surface area (Å²) >= 11 is 6.00. The molecule has 0 aromatic heterocycles. The smallest absolute Gasteiger partial charge is 0.335 e. The van der Waals surface area contributed by atoms with Crippen molar-refractivity contribution < 1.29 is 14.7 Å². The second-order valence-corrected chi connectivity index (χ2v) is 5.26. The van der Waals surface area contributed by atoms with Crippen LogP contribution >= 0.6 is 11.6 Å². The maximum atomic E-state index is 12.2. The van der Waals surface area contributed by atoms with Gasteiger partial charge in [-0.25, -0.2) is 9.59 Å². The van der Waals surface area contributed by atoms with Crippen molar-refractivity contribution in [1.29, 1.82) is 0 Å². The molecule has 0 atom stereocenters. The number of carbonyl (C=O) groups is 2. The first kappa shape index (κ1) is 15.6. The minimum Gasteiger partial charge on any atom is -0.478 e. The van der Waals surface area contributed by atoms with Gasteiger partial charge in [0.1, 0.15) is 0 Å². The minimum atomic E-state index is -1.06. The van der Waals surface area contributed by atoms with Crippen LogP contribution in [0.1, 0.15) is 17.3 Å². The Morgan fingerprint density at radius 3 is 2.52 bits per heavy atom. The molecule has 1 aliphatic rings. The van der Waals surface area contributed by atoms with E-state index in [1.54, 1.807) is 4.90 Å². The number of hydrogen-bond acceptors (Lipinski definition) is 3. The number of hydrogen-bond donors (Lipinski definition) is 2. The molecular formula is C14H18ClN3O3. The second kappa shape index (κ2) is 6.78. The number of carboxylic acids is 1. The van der Waals surface area contributed by atoms with Crippen molar-refractivity contribution in [2.45, 2.75) is 6.92 Å². The summed E-state index contributed by atoms with van der Waals surface area (Å²) in [7, 11) is 0. The first-order chi connectivity index (χ1) is 10.0. The van der Waals surface area contributed by atoms with Gasteiger partial charge < -0.3 is 20.2 Å². The zero-order chi connectivity index (χ0) is 15.4. The average molecular weight is 312 g/mol. The standard InChI is InChI=1S/C14H18ClN3O3/c1-2-17-5-7-18(8-6-17)14(21)16-12-9-10(13(19)20)3-4-11(12)15/h3-4,9H,2,5-8H2,1H3,(H,16,21)(H,19,20). The van der Waals surface area contributed by atoms with Crippen molar-refractivity contribution in [3.8, 4) is 0 Å². The van der Waals surface area contributed by atoms with E-state index in [2.05, 4.69) is 17.1 Å². The number of aromatic carboxylic acids is 1. The summed E-state index contributed by atoms with van der Waals surface area (Å²) in [6.07, 6.45) is 0. The van der Waals surface area contributed by atoms with E-state index in [9.17, 15) is 9.59 Å². The molecule has 0 spiro atoms. The van der Waals surface area contributed by atoms with E-state index in [1.165, 1.54) is 18.2 Å². The number of urea groups is 1. The molecule has 114 valence electrons. The molecule has 1 aromatic carbocycles.